The Kier molecular flexibility index (Phi) is 2.14. The fourth-order valence-electron chi connectivity index (χ4n) is 1.24. The second kappa shape index (κ2) is 3.46. The highest BCUT2D eigenvalue weighted by Gasteiger charge is 2.01. The molecule has 0 saturated heterocycles. The van der Waals surface area contributed by atoms with Crippen LogP contribution in [0.5, 0.6) is 0 Å². The fourth-order valence-corrected chi connectivity index (χ4v) is 1.24. The van der Waals surface area contributed by atoms with Crippen LogP contribution in [-0.4, -0.2) is 10.2 Å². The zero-order valence-electron chi connectivity index (χ0n) is 7.94. The third kappa shape index (κ3) is 1.57. The number of benzene rings is 1. The van der Waals surface area contributed by atoms with Gasteiger partial charge >= 0.3 is 0 Å². The summed E-state index contributed by atoms with van der Waals surface area (Å²) in [5.74, 6) is 0.490. The number of nitrogen functional groups attached to an aromatic ring is 1. The predicted octanol–water partition coefficient (Wildman–Crippen LogP) is 2.03. The minimum absolute atomic E-state index is 0.490. The lowest BCUT2D eigenvalue weighted by Gasteiger charge is -2.02. The summed E-state index contributed by atoms with van der Waals surface area (Å²) in [6, 6.07) is 11.9. The smallest absolute Gasteiger partial charge is 0.149 e. The number of nitrogens with two attached hydrogens (primary N) is 1. The first-order valence-corrected chi connectivity index (χ1v) is 4.42. The van der Waals surface area contributed by atoms with Crippen LogP contribution in [0.15, 0.2) is 36.4 Å². The molecule has 3 nitrogen and oxygen atoms in total. The number of hydrogen-bond acceptors (Lipinski definition) is 3. The van der Waals surface area contributed by atoms with Crippen LogP contribution >= 0.6 is 0 Å². The predicted molar refractivity (Wildman–Crippen MR) is 56.6 cm³/mol. The summed E-state index contributed by atoms with van der Waals surface area (Å²) in [4.78, 5) is 0. The molecule has 0 radical (unpaired) electrons. The summed E-state index contributed by atoms with van der Waals surface area (Å²) in [5, 5.41) is 7.92. The molecule has 70 valence electrons. The zero-order chi connectivity index (χ0) is 9.97. The second-order valence-electron chi connectivity index (χ2n) is 3.16. The maximum absolute atomic E-state index is 5.59. The maximum atomic E-state index is 5.59. The summed E-state index contributed by atoms with van der Waals surface area (Å²) >= 11 is 0. The Labute approximate surface area is 82.6 Å². The molecular formula is C11H11N3. The summed E-state index contributed by atoms with van der Waals surface area (Å²) < 4.78 is 0. The van der Waals surface area contributed by atoms with Gasteiger partial charge in [-0.3, -0.25) is 0 Å². The summed E-state index contributed by atoms with van der Waals surface area (Å²) in [6.45, 7) is 1.93. The minimum Gasteiger partial charge on any atom is -0.382 e. The van der Waals surface area contributed by atoms with Crippen LogP contribution in [0, 0.1) is 6.92 Å². The molecule has 1 aromatic carbocycles. The molecule has 0 aliphatic heterocycles. The van der Waals surface area contributed by atoms with Crippen molar-refractivity contribution >= 4 is 5.82 Å². The molecule has 1 heterocycles. The lowest BCUT2D eigenvalue weighted by molar-refractivity contribution is 1.03. The molecule has 0 aliphatic rings. The third-order valence-electron chi connectivity index (χ3n) is 2.09. The number of hydrogen-bond donors (Lipinski definition) is 1. The first-order chi connectivity index (χ1) is 6.77. The first-order valence-electron chi connectivity index (χ1n) is 4.42. The number of anilines is 1. The fraction of sp³-hybridized carbons (Fsp3) is 0.0909. The molecule has 0 bridgehead atoms. The van der Waals surface area contributed by atoms with Gasteiger partial charge in [0.1, 0.15) is 5.82 Å². The molecule has 0 spiro atoms. The van der Waals surface area contributed by atoms with Gasteiger partial charge in [-0.15, -0.1) is 10.2 Å². The molecule has 3 heteroatoms. The first kappa shape index (κ1) is 8.69. The van der Waals surface area contributed by atoms with E-state index in [9.17, 15) is 0 Å². The molecule has 2 N–H and O–H groups in total. The van der Waals surface area contributed by atoms with E-state index in [2.05, 4.69) is 10.2 Å². The van der Waals surface area contributed by atoms with E-state index >= 15 is 0 Å². The van der Waals surface area contributed by atoms with E-state index < -0.39 is 0 Å². The standard InChI is InChI=1S/C11H11N3/c1-8-7-10(13-14-11(8)12)9-5-3-2-4-6-9/h2-7H,1H3,(H2,12,14). The van der Waals surface area contributed by atoms with Crippen molar-refractivity contribution in [1.29, 1.82) is 0 Å². The molecule has 0 saturated carbocycles. The number of aromatic nitrogens is 2. The van der Waals surface area contributed by atoms with Gasteiger partial charge in [0.15, 0.2) is 0 Å². The van der Waals surface area contributed by atoms with Crippen molar-refractivity contribution in [3.8, 4) is 11.3 Å². The van der Waals surface area contributed by atoms with Gasteiger partial charge in [0, 0.05) is 5.56 Å². The van der Waals surface area contributed by atoms with Crippen LogP contribution in [0.4, 0.5) is 5.82 Å². The Morgan fingerprint density at radius 3 is 2.43 bits per heavy atom. The third-order valence-corrected chi connectivity index (χ3v) is 2.09. The molecule has 0 fully saturated rings. The molecule has 0 unspecified atom stereocenters. The Bertz CT molecular complexity index is 438. The van der Waals surface area contributed by atoms with E-state index in [1.165, 1.54) is 0 Å². The Balaban J connectivity index is 2.48. The molecule has 2 aromatic rings. The Morgan fingerprint density at radius 2 is 1.79 bits per heavy atom. The monoisotopic (exact) mass is 185 g/mol. The van der Waals surface area contributed by atoms with Crippen LogP contribution in [0.1, 0.15) is 5.56 Å². The van der Waals surface area contributed by atoms with E-state index in [1.807, 2.05) is 43.3 Å². The molecule has 0 atom stereocenters. The van der Waals surface area contributed by atoms with Gasteiger partial charge in [0.2, 0.25) is 0 Å². The SMILES string of the molecule is Cc1cc(-c2ccccc2)nnc1N. The summed E-state index contributed by atoms with van der Waals surface area (Å²) in [6.07, 6.45) is 0. The van der Waals surface area contributed by atoms with E-state index in [1.54, 1.807) is 0 Å². The van der Waals surface area contributed by atoms with Gasteiger partial charge in [-0.05, 0) is 18.6 Å². The molecule has 14 heavy (non-hydrogen) atoms. The maximum Gasteiger partial charge on any atom is 0.149 e. The van der Waals surface area contributed by atoms with Crippen LogP contribution in [0.2, 0.25) is 0 Å². The topological polar surface area (TPSA) is 51.8 Å². The van der Waals surface area contributed by atoms with E-state index in [-0.39, 0.29) is 0 Å². The quantitative estimate of drug-likeness (QED) is 0.739. The van der Waals surface area contributed by atoms with Crippen molar-refractivity contribution < 1.29 is 0 Å². The van der Waals surface area contributed by atoms with Gasteiger partial charge in [-0.2, -0.15) is 0 Å². The number of aryl methyl sites for hydroxylation is 1. The van der Waals surface area contributed by atoms with Crippen molar-refractivity contribution in [1.82, 2.24) is 10.2 Å². The average molecular weight is 185 g/mol. The van der Waals surface area contributed by atoms with E-state index in [0.717, 1.165) is 16.8 Å². The Hall–Kier alpha value is -1.90. The van der Waals surface area contributed by atoms with Gasteiger partial charge in [0.05, 0.1) is 5.69 Å². The highest BCUT2D eigenvalue weighted by molar-refractivity contribution is 5.60. The molecule has 0 amide bonds. The van der Waals surface area contributed by atoms with Crippen molar-refractivity contribution in [2.24, 2.45) is 0 Å². The van der Waals surface area contributed by atoms with E-state index in [0.29, 0.717) is 5.82 Å². The van der Waals surface area contributed by atoms with Crippen molar-refractivity contribution in [3.05, 3.63) is 42.0 Å². The molecule has 1 aromatic heterocycles. The lowest BCUT2D eigenvalue weighted by atomic mass is 10.1. The highest BCUT2D eigenvalue weighted by Crippen LogP contribution is 2.18. The molecule has 2 rings (SSSR count). The van der Waals surface area contributed by atoms with Gasteiger partial charge in [0.25, 0.3) is 0 Å². The second-order valence-corrected chi connectivity index (χ2v) is 3.16. The number of rotatable bonds is 1. The zero-order valence-corrected chi connectivity index (χ0v) is 7.94. The van der Waals surface area contributed by atoms with Crippen molar-refractivity contribution in [2.45, 2.75) is 6.92 Å². The van der Waals surface area contributed by atoms with Gasteiger partial charge in [-0.25, -0.2) is 0 Å². The Morgan fingerprint density at radius 1 is 1.07 bits per heavy atom. The van der Waals surface area contributed by atoms with Crippen LogP contribution in [-0.2, 0) is 0 Å². The average Bonchev–Trinajstić information content (AvgIpc) is 2.23. The van der Waals surface area contributed by atoms with Gasteiger partial charge < -0.3 is 5.73 Å². The summed E-state index contributed by atoms with van der Waals surface area (Å²) in [5.41, 5.74) is 8.47. The summed E-state index contributed by atoms with van der Waals surface area (Å²) in [7, 11) is 0. The van der Waals surface area contributed by atoms with Crippen molar-refractivity contribution in [3.63, 3.8) is 0 Å². The van der Waals surface area contributed by atoms with Crippen LogP contribution < -0.4 is 5.73 Å². The van der Waals surface area contributed by atoms with Crippen molar-refractivity contribution in [2.75, 3.05) is 5.73 Å². The normalized spacial score (nSPS) is 10.1. The largest absolute Gasteiger partial charge is 0.382 e. The van der Waals surface area contributed by atoms with Gasteiger partial charge in [-0.1, -0.05) is 30.3 Å². The van der Waals surface area contributed by atoms with E-state index in [4.69, 9.17) is 5.73 Å². The molecular weight excluding hydrogens is 174 g/mol. The molecule has 0 aliphatic carbocycles. The highest BCUT2D eigenvalue weighted by atomic mass is 15.1. The minimum atomic E-state index is 0.490. The van der Waals surface area contributed by atoms with Crippen LogP contribution in [0.25, 0.3) is 11.3 Å². The van der Waals surface area contributed by atoms with Crippen LogP contribution in [0.3, 0.4) is 0 Å². The number of nitrogens with zero attached hydrogens (tertiary/aromatic N) is 2. The lowest BCUT2D eigenvalue weighted by Crippen LogP contribution is -1.97.